The molecule has 0 saturated carbocycles. The number of hydrogen-bond donors (Lipinski definition) is 2. The number of carbonyl (C=O) groups excluding carboxylic acids is 2. The van der Waals surface area contributed by atoms with Gasteiger partial charge < -0.3 is 15.0 Å². The molecule has 3 aromatic rings. The van der Waals surface area contributed by atoms with Crippen molar-refractivity contribution < 1.29 is 27.5 Å². The SMILES string of the molecule is CN(C(=O)c1ccccc1)C1Cc2ccccc2/C1=N/NC(=O)Nc1ccc(OC(F)(F)F)cc1. The van der Waals surface area contributed by atoms with E-state index in [1.165, 1.54) is 12.1 Å². The molecule has 1 unspecified atom stereocenters. The third-order valence-electron chi connectivity index (χ3n) is 5.45. The number of hydrogen-bond acceptors (Lipinski definition) is 4. The lowest BCUT2D eigenvalue weighted by Gasteiger charge is -2.25. The molecule has 0 radical (unpaired) electrons. The third-order valence-corrected chi connectivity index (χ3v) is 5.45. The fourth-order valence-electron chi connectivity index (χ4n) is 3.82. The molecule has 3 aromatic carbocycles. The number of nitrogens with zero attached hydrogens (tertiary/aromatic N) is 2. The first-order valence-electron chi connectivity index (χ1n) is 10.6. The maximum absolute atomic E-state index is 13.0. The highest BCUT2D eigenvalue weighted by molar-refractivity contribution is 6.11. The molecule has 0 heterocycles. The minimum Gasteiger partial charge on any atom is -0.406 e. The molecule has 1 aliphatic rings. The summed E-state index contributed by atoms with van der Waals surface area (Å²) >= 11 is 0. The number of nitrogens with one attached hydrogen (secondary N) is 2. The number of anilines is 1. The van der Waals surface area contributed by atoms with Crippen LogP contribution in [-0.4, -0.2) is 42.0 Å². The highest BCUT2D eigenvalue weighted by atomic mass is 19.4. The van der Waals surface area contributed by atoms with Gasteiger partial charge in [-0.15, -0.1) is 13.2 Å². The summed E-state index contributed by atoms with van der Waals surface area (Å²) in [5.74, 6) is -0.582. The number of alkyl halides is 3. The second-order valence-electron chi connectivity index (χ2n) is 7.79. The van der Waals surface area contributed by atoms with Gasteiger partial charge in [0.05, 0.1) is 11.8 Å². The van der Waals surface area contributed by atoms with Gasteiger partial charge in [0.15, 0.2) is 0 Å². The van der Waals surface area contributed by atoms with Gasteiger partial charge in [0.2, 0.25) is 0 Å². The number of benzene rings is 3. The number of fused-ring (bicyclic) bond motifs is 1. The molecular formula is C25H21F3N4O3. The Morgan fingerprint density at radius 1 is 0.971 bits per heavy atom. The van der Waals surface area contributed by atoms with Crippen LogP contribution in [0.4, 0.5) is 23.7 Å². The van der Waals surface area contributed by atoms with Gasteiger partial charge in [-0.2, -0.15) is 5.10 Å². The van der Waals surface area contributed by atoms with E-state index in [2.05, 4.69) is 20.6 Å². The number of amides is 3. The molecule has 0 saturated heterocycles. The Morgan fingerprint density at radius 2 is 1.63 bits per heavy atom. The molecular weight excluding hydrogens is 461 g/mol. The molecule has 1 aliphatic carbocycles. The second-order valence-corrected chi connectivity index (χ2v) is 7.79. The first kappa shape index (κ1) is 23.8. The number of halogens is 3. The van der Waals surface area contributed by atoms with Crippen molar-refractivity contribution in [3.05, 3.63) is 95.6 Å². The van der Waals surface area contributed by atoms with E-state index in [-0.39, 0.29) is 11.6 Å². The zero-order valence-electron chi connectivity index (χ0n) is 18.5. The number of hydrazone groups is 1. The highest BCUT2D eigenvalue weighted by Crippen LogP contribution is 2.27. The molecule has 0 aromatic heterocycles. The lowest BCUT2D eigenvalue weighted by molar-refractivity contribution is -0.274. The van der Waals surface area contributed by atoms with Crippen molar-refractivity contribution in [2.75, 3.05) is 12.4 Å². The van der Waals surface area contributed by atoms with Crippen LogP contribution >= 0.6 is 0 Å². The lowest BCUT2D eigenvalue weighted by atomic mass is 10.1. The van der Waals surface area contributed by atoms with Crippen LogP contribution in [-0.2, 0) is 6.42 Å². The van der Waals surface area contributed by atoms with Crippen LogP contribution in [0.5, 0.6) is 5.75 Å². The average Bonchev–Trinajstić information content (AvgIpc) is 3.21. The van der Waals surface area contributed by atoms with Crippen molar-refractivity contribution in [1.29, 1.82) is 0 Å². The Balaban J connectivity index is 1.48. The molecule has 10 heteroatoms. The molecule has 3 amide bonds. The van der Waals surface area contributed by atoms with Crippen LogP contribution in [0.1, 0.15) is 21.5 Å². The largest absolute Gasteiger partial charge is 0.573 e. The van der Waals surface area contributed by atoms with Gasteiger partial charge in [0, 0.05) is 23.9 Å². The first-order valence-corrected chi connectivity index (χ1v) is 10.6. The number of ether oxygens (including phenoxy) is 1. The average molecular weight is 482 g/mol. The maximum Gasteiger partial charge on any atom is 0.573 e. The van der Waals surface area contributed by atoms with E-state index in [0.29, 0.717) is 17.7 Å². The maximum atomic E-state index is 13.0. The molecule has 0 spiro atoms. The van der Waals surface area contributed by atoms with Gasteiger partial charge in [-0.3, -0.25) is 4.79 Å². The van der Waals surface area contributed by atoms with Gasteiger partial charge in [-0.25, -0.2) is 10.2 Å². The van der Waals surface area contributed by atoms with Crippen LogP contribution in [0.3, 0.4) is 0 Å². The molecule has 0 aliphatic heterocycles. The number of likely N-dealkylation sites (N-methyl/N-ethyl adjacent to an activating group) is 1. The minimum atomic E-state index is -4.80. The van der Waals surface area contributed by atoms with E-state index in [0.717, 1.165) is 23.3 Å². The van der Waals surface area contributed by atoms with Crippen molar-refractivity contribution in [3.8, 4) is 5.75 Å². The van der Waals surface area contributed by atoms with Crippen molar-refractivity contribution >= 4 is 23.3 Å². The summed E-state index contributed by atoms with van der Waals surface area (Å²) in [6, 6.07) is 20.0. The van der Waals surface area contributed by atoms with Crippen molar-refractivity contribution in [3.63, 3.8) is 0 Å². The van der Waals surface area contributed by atoms with Crippen molar-refractivity contribution in [1.82, 2.24) is 10.3 Å². The fourth-order valence-corrected chi connectivity index (χ4v) is 3.82. The van der Waals surface area contributed by atoms with Gasteiger partial charge in [-0.1, -0.05) is 42.5 Å². The quantitative estimate of drug-likeness (QED) is 0.512. The summed E-state index contributed by atoms with van der Waals surface area (Å²) in [5, 5.41) is 6.79. The predicted octanol–water partition coefficient (Wildman–Crippen LogP) is 4.81. The standard InChI is InChI=1S/C25H21F3N4O3/c1-32(23(33)16-7-3-2-4-8-16)21-15-17-9-5-6-10-20(17)22(21)30-31-24(34)29-18-11-13-19(14-12-18)35-25(26,27)28/h2-14,21H,15H2,1H3,(H2,29,31,34)/b30-22-. The minimum absolute atomic E-state index is 0.179. The zero-order chi connectivity index (χ0) is 25.0. The van der Waals surface area contributed by atoms with Crippen LogP contribution < -0.4 is 15.5 Å². The summed E-state index contributed by atoms with van der Waals surface area (Å²) in [7, 11) is 1.69. The van der Waals surface area contributed by atoms with Crippen LogP contribution in [0.25, 0.3) is 0 Å². The predicted molar refractivity (Wildman–Crippen MR) is 124 cm³/mol. The summed E-state index contributed by atoms with van der Waals surface area (Å²) < 4.78 is 40.7. The van der Waals surface area contributed by atoms with Crippen molar-refractivity contribution in [2.24, 2.45) is 5.10 Å². The van der Waals surface area contributed by atoms with Crippen LogP contribution in [0.15, 0.2) is 84.0 Å². The Kier molecular flexibility index (Phi) is 6.72. The van der Waals surface area contributed by atoms with Gasteiger partial charge >= 0.3 is 12.4 Å². The lowest BCUT2D eigenvalue weighted by Crippen LogP contribution is -2.42. The smallest absolute Gasteiger partial charge is 0.406 e. The number of rotatable bonds is 5. The molecule has 180 valence electrons. The first-order chi connectivity index (χ1) is 16.7. The summed E-state index contributed by atoms with van der Waals surface area (Å²) in [4.78, 5) is 27.0. The van der Waals surface area contributed by atoms with E-state index in [1.807, 2.05) is 30.3 Å². The number of carbonyl (C=O) groups is 2. The normalized spacial score (nSPS) is 15.9. The molecule has 7 nitrogen and oxygen atoms in total. The second kappa shape index (κ2) is 9.88. The van der Waals surface area contributed by atoms with E-state index < -0.39 is 24.2 Å². The molecule has 1 atom stereocenters. The molecule has 0 bridgehead atoms. The summed E-state index contributed by atoms with van der Waals surface area (Å²) in [6.07, 6.45) is -4.26. The van der Waals surface area contributed by atoms with Gasteiger partial charge in [-0.05, 0) is 48.4 Å². The van der Waals surface area contributed by atoms with Crippen LogP contribution in [0, 0.1) is 0 Å². The van der Waals surface area contributed by atoms with E-state index in [1.54, 1.807) is 36.2 Å². The molecule has 4 rings (SSSR count). The summed E-state index contributed by atoms with van der Waals surface area (Å²) in [6.45, 7) is 0. The Morgan fingerprint density at radius 3 is 2.31 bits per heavy atom. The topological polar surface area (TPSA) is 83.0 Å². The number of urea groups is 1. The monoisotopic (exact) mass is 482 g/mol. The molecule has 35 heavy (non-hydrogen) atoms. The van der Waals surface area contributed by atoms with E-state index >= 15 is 0 Å². The highest BCUT2D eigenvalue weighted by Gasteiger charge is 2.34. The Hall–Kier alpha value is -4.34. The third kappa shape index (κ3) is 5.78. The summed E-state index contributed by atoms with van der Waals surface area (Å²) in [5.41, 5.74) is 5.54. The zero-order valence-corrected chi connectivity index (χ0v) is 18.5. The van der Waals surface area contributed by atoms with Gasteiger partial charge in [0.25, 0.3) is 5.91 Å². The van der Waals surface area contributed by atoms with Gasteiger partial charge in [0.1, 0.15) is 5.75 Å². The molecule has 0 fully saturated rings. The van der Waals surface area contributed by atoms with Crippen LogP contribution in [0.2, 0.25) is 0 Å². The van der Waals surface area contributed by atoms with Crippen molar-refractivity contribution in [2.45, 2.75) is 18.8 Å². The van der Waals surface area contributed by atoms with E-state index in [4.69, 9.17) is 0 Å². The Labute approximate surface area is 199 Å². The molecule has 2 N–H and O–H groups in total. The van der Waals surface area contributed by atoms with E-state index in [9.17, 15) is 22.8 Å². The Bertz CT molecular complexity index is 1240. The fraction of sp³-hybridized carbons (Fsp3) is 0.160.